The lowest BCUT2D eigenvalue weighted by Gasteiger charge is -1.99. The number of rotatable bonds is 3. The zero-order valence-electron chi connectivity index (χ0n) is 10.5. The van der Waals surface area contributed by atoms with E-state index in [0.29, 0.717) is 5.69 Å². The molecule has 0 atom stereocenters. The van der Waals surface area contributed by atoms with Gasteiger partial charge in [0.1, 0.15) is 11.5 Å². The maximum absolute atomic E-state index is 13.0. The number of nitrogens with one attached hydrogen (secondary N) is 1. The summed E-state index contributed by atoms with van der Waals surface area (Å²) in [6.07, 6.45) is 6.95. The third-order valence-corrected chi connectivity index (χ3v) is 2.96. The van der Waals surface area contributed by atoms with Crippen LogP contribution in [-0.4, -0.2) is 19.7 Å². The molecule has 0 bridgehead atoms. The Bertz CT molecular complexity index is 668. The van der Waals surface area contributed by atoms with E-state index >= 15 is 0 Å². The molecule has 4 nitrogen and oxygen atoms in total. The summed E-state index contributed by atoms with van der Waals surface area (Å²) in [5.41, 5.74) is 3.47. The summed E-state index contributed by atoms with van der Waals surface area (Å²) in [5.74, 6) is -0.345. The summed E-state index contributed by atoms with van der Waals surface area (Å²) < 4.78 is 14.8. The van der Waals surface area contributed by atoms with Gasteiger partial charge in [0.15, 0.2) is 0 Å². The summed E-state index contributed by atoms with van der Waals surface area (Å²) >= 11 is 0. The second-order valence-electron chi connectivity index (χ2n) is 4.21. The van der Waals surface area contributed by atoms with Crippen LogP contribution in [0.2, 0.25) is 0 Å². The molecule has 3 aromatic rings. The topological polar surface area (TPSA) is 46.5 Å². The SMILES string of the molecule is CCn1cc(-c2cc[nH]c2)c(-c2ccc(F)cn2)n1. The van der Waals surface area contributed by atoms with Gasteiger partial charge in [-0.05, 0) is 25.1 Å². The highest BCUT2D eigenvalue weighted by Gasteiger charge is 2.14. The Morgan fingerprint density at radius 2 is 2.21 bits per heavy atom. The molecule has 19 heavy (non-hydrogen) atoms. The molecule has 3 aromatic heterocycles. The molecule has 0 aliphatic rings. The van der Waals surface area contributed by atoms with Crippen molar-refractivity contribution in [2.24, 2.45) is 0 Å². The molecule has 0 spiro atoms. The lowest BCUT2D eigenvalue weighted by Crippen LogP contribution is -1.94. The Hall–Kier alpha value is -2.43. The van der Waals surface area contributed by atoms with E-state index in [1.165, 1.54) is 12.3 Å². The molecule has 0 radical (unpaired) electrons. The number of pyridine rings is 1. The molecular formula is C14H13FN4. The number of aromatic amines is 1. The highest BCUT2D eigenvalue weighted by atomic mass is 19.1. The predicted molar refractivity (Wildman–Crippen MR) is 70.9 cm³/mol. The maximum Gasteiger partial charge on any atom is 0.141 e. The number of hydrogen-bond acceptors (Lipinski definition) is 2. The molecule has 0 fully saturated rings. The number of halogens is 1. The van der Waals surface area contributed by atoms with E-state index in [2.05, 4.69) is 15.1 Å². The highest BCUT2D eigenvalue weighted by Crippen LogP contribution is 2.29. The van der Waals surface area contributed by atoms with E-state index in [1.54, 1.807) is 6.07 Å². The van der Waals surface area contributed by atoms with Crippen molar-refractivity contribution in [1.29, 1.82) is 0 Å². The van der Waals surface area contributed by atoms with Crippen LogP contribution in [0.1, 0.15) is 6.92 Å². The van der Waals surface area contributed by atoms with Crippen LogP contribution >= 0.6 is 0 Å². The van der Waals surface area contributed by atoms with Crippen LogP contribution in [0, 0.1) is 5.82 Å². The lowest BCUT2D eigenvalue weighted by molar-refractivity contribution is 0.621. The van der Waals surface area contributed by atoms with Crippen LogP contribution in [0.25, 0.3) is 22.5 Å². The third-order valence-electron chi connectivity index (χ3n) is 2.96. The fraction of sp³-hybridized carbons (Fsp3) is 0.143. The largest absolute Gasteiger partial charge is 0.367 e. The number of nitrogens with zero attached hydrogens (tertiary/aromatic N) is 3. The summed E-state index contributed by atoms with van der Waals surface area (Å²) in [4.78, 5) is 7.13. The van der Waals surface area contributed by atoms with Gasteiger partial charge in [-0.3, -0.25) is 9.67 Å². The molecular weight excluding hydrogens is 243 g/mol. The molecule has 0 aliphatic carbocycles. The van der Waals surface area contributed by atoms with Crippen molar-refractivity contribution < 1.29 is 4.39 Å². The first-order valence-corrected chi connectivity index (χ1v) is 6.10. The van der Waals surface area contributed by atoms with Crippen molar-refractivity contribution in [2.45, 2.75) is 13.5 Å². The Morgan fingerprint density at radius 1 is 1.32 bits per heavy atom. The van der Waals surface area contributed by atoms with Crippen molar-refractivity contribution >= 4 is 0 Å². The highest BCUT2D eigenvalue weighted by molar-refractivity contribution is 5.78. The number of hydrogen-bond donors (Lipinski definition) is 1. The fourth-order valence-electron chi connectivity index (χ4n) is 1.99. The maximum atomic E-state index is 13.0. The molecule has 0 aliphatic heterocycles. The van der Waals surface area contributed by atoms with Crippen LogP contribution < -0.4 is 0 Å². The second-order valence-corrected chi connectivity index (χ2v) is 4.21. The molecule has 0 saturated carbocycles. The van der Waals surface area contributed by atoms with Gasteiger partial charge in [0.25, 0.3) is 0 Å². The molecule has 3 heterocycles. The van der Waals surface area contributed by atoms with E-state index in [-0.39, 0.29) is 5.82 Å². The van der Waals surface area contributed by atoms with Gasteiger partial charge >= 0.3 is 0 Å². The molecule has 5 heteroatoms. The van der Waals surface area contributed by atoms with Crippen LogP contribution in [-0.2, 0) is 6.54 Å². The molecule has 3 rings (SSSR count). The van der Waals surface area contributed by atoms with Gasteiger partial charge in [-0.25, -0.2) is 4.39 Å². The van der Waals surface area contributed by atoms with Crippen LogP contribution in [0.5, 0.6) is 0 Å². The van der Waals surface area contributed by atoms with Gasteiger partial charge in [-0.2, -0.15) is 5.10 Å². The smallest absolute Gasteiger partial charge is 0.141 e. The Balaban J connectivity index is 2.14. The Morgan fingerprint density at radius 3 is 2.84 bits per heavy atom. The van der Waals surface area contributed by atoms with Crippen molar-refractivity contribution in [2.75, 3.05) is 0 Å². The monoisotopic (exact) mass is 256 g/mol. The molecule has 96 valence electrons. The van der Waals surface area contributed by atoms with Crippen LogP contribution in [0.3, 0.4) is 0 Å². The number of aryl methyl sites for hydroxylation is 1. The first-order chi connectivity index (χ1) is 9.28. The standard InChI is InChI=1S/C14H13FN4/c1-2-19-9-12(10-5-6-16-7-10)14(18-19)13-4-3-11(15)8-17-13/h3-9,16H,2H2,1H3. The first kappa shape index (κ1) is 11.6. The minimum atomic E-state index is -0.345. The van der Waals surface area contributed by atoms with E-state index in [0.717, 1.165) is 23.4 Å². The average Bonchev–Trinajstić information content (AvgIpc) is 3.08. The van der Waals surface area contributed by atoms with Gasteiger partial charge < -0.3 is 4.98 Å². The normalized spacial score (nSPS) is 10.8. The van der Waals surface area contributed by atoms with Gasteiger partial charge in [-0.15, -0.1) is 0 Å². The zero-order chi connectivity index (χ0) is 13.2. The van der Waals surface area contributed by atoms with Gasteiger partial charge in [0, 0.05) is 36.3 Å². The second kappa shape index (κ2) is 4.68. The Kier molecular flexibility index (Phi) is 2.87. The summed E-state index contributed by atoms with van der Waals surface area (Å²) in [5, 5.41) is 4.50. The predicted octanol–water partition coefficient (Wildman–Crippen LogP) is 3.10. The minimum Gasteiger partial charge on any atom is -0.367 e. The van der Waals surface area contributed by atoms with Crippen molar-refractivity contribution in [3.05, 3.63) is 48.8 Å². The Labute approximate surface area is 109 Å². The van der Waals surface area contributed by atoms with Crippen LogP contribution in [0.4, 0.5) is 4.39 Å². The van der Waals surface area contributed by atoms with Crippen molar-refractivity contribution in [3.8, 4) is 22.5 Å². The van der Waals surface area contributed by atoms with Gasteiger partial charge in [0.2, 0.25) is 0 Å². The zero-order valence-corrected chi connectivity index (χ0v) is 10.5. The minimum absolute atomic E-state index is 0.345. The van der Waals surface area contributed by atoms with E-state index in [9.17, 15) is 4.39 Å². The number of aromatic nitrogens is 4. The van der Waals surface area contributed by atoms with E-state index in [1.807, 2.05) is 36.3 Å². The van der Waals surface area contributed by atoms with Gasteiger partial charge in [-0.1, -0.05) is 0 Å². The quantitative estimate of drug-likeness (QED) is 0.782. The summed E-state index contributed by atoms with van der Waals surface area (Å²) in [6.45, 7) is 2.80. The summed E-state index contributed by atoms with van der Waals surface area (Å²) in [7, 11) is 0. The van der Waals surface area contributed by atoms with E-state index < -0.39 is 0 Å². The third kappa shape index (κ3) is 2.14. The molecule has 0 unspecified atom stereocenters. The van der Waals surface area contributed by atoms with Crippen LogP contribution in [0.15, 0.2) is 43.0 Å². The molecule has 1 N–H and O–H groups in total. The lowest BCUT2D eigenvalue weighted by atomic mass is 10.1. The molecule has 0 aromatic carbocycles. The van der Waals surface area contributed by atoms with Crippen molar-refractivity contribution in [1.82, 2.24) is 19.7 Å². The summed E-state index contributed by atoms with van der Waals surface area (Å²) in [6, 6.07) is 5.02. The number of H-pyrrole nitrogens is 1. The van der Waals surface area contributed by atoms with Gasteiger partial charge in [0.05, 0.1) is 11.9 Å². The van der Waals surface area contributed by atoms with E-state index in [4.69, 9.17) is 0 Å². The van der Waals surface area contributed by atoms with Crippen molar-refractivity contribution in [3.63, 3.8) is 0 Å². The average molecular weight is 256 g/mol. The first-order valence-electron chi connectivity index (χ1n) is 6.10. The fourth-order valence-corrected chi connectivity index (χ4v) is 1.99. The molecule has 0 saturated heterocycles. The molecule has 0 amide bonds.